The summed E-state index contributed by atoms with van der Waals surface area (Å²) in [6.45, 7) is 0. The van der Waals surface area contributed by atoms with E-state index in [0.717, 1.165) is 21.1 Å². The lowest BCUT2D eigenvalue weighted by Gasteiger charge is -2.03. The number of nitrogens with zero attached hydrogens (tertiary/aromatic N) is 2. The molecule has 0 aliphatic rings. The second-order valence-corrected chi connectivity index (χ2v) is 5.22. The molecular formula is C15H11BrN2O. The highest BCUT2D eigenvalue weighted by Gasteiger charge is 2.10. The largest absolute Gasteiger partial charge is 0.274 e. The maximum Gasteiger partial charge on any atom is 0.236 e. The van der Waals surface area contributed by atoms with Gasteiger partial charge in [-0.1, -0.05) is 40.2 Å². The Balaban J connectivity index is 1.90. The van der Waals surface area contributed by atoms with Gasteiger partial charge in [0.25, 0.3) is 0 Å². The molecule has 3 aromatic rings. The number of halogens is 1. The Labute approximate surface area is 119 Å². The van der Waals surface area contributed by atoms with Gasteiger partial charge in [-0.05, 0) is 29.8 Å². The SMILES string of the molecule is O=C(Cc1ccc(Br)cc1)n1cnc2ccccc21. The average Bonchev–Trinajstić information content (AvgIpc) is 2.85. The van der Waals surface area contributed by atoms with Gasteiger partial charge < -0.3 is 0 Å². The van der Waals surface area contributed by atoms with Gasteiger partial charge in [-0.2, -0.15) is 0 Å². The van der Waals surface area contributed by atoms with Crippen molar-refractivity contribution in [3.8, 4) is 0 Å². The van der Waals surface area contributed by atoms with Crippen LogP contribution in [0.3, 0.4) is 0 Å². The molecule has 0 spiro atoms. The lowest BCUT2D eigenvalue weighted by atomic mass is 10.1. The van der Waals surface area contributed by atoms with Gasteiger partial charge in [0.1, 0.15) is 6.33 Å². The molecule has 2 aromatic carbocycles. The molecule has 0 N–H and O–H groups in total. The summed E-state index contributed by atoms with van der Waals surface area (Å²) >= 11 is 3.38. The van der Waals surface area contributed by atoms with E-state index < -0.39 is 0 Å². The first kappa shape index (κ1) is 12.1. The Morgan fingerprint density at radius 3 is 2.63 bits per heavy atom. The number of rotatable bonds is 2. The molecule has 0 amide bonds. The van der Waals surface area contributed by atoms with E-state index in [1.54, 1.807) is 10.9 Å². The smallest absolute Gasteiger partial charge is 0.236 e. The van der Waals surface area contributed by atoms with Crippen molar-refractivity contribution < 1.29 is 4.79 Å². The van der Waals surface area contributed by atoms with Crippen molar-refractivity contribution in [1.82, 2.24) is 9.55 Å². The van der Waals surface area contributed by atoms with Gasteiger partial charge in [-0.3, -0.25) is 9.36 Å². The summed E-state index contributed by atoms with van der Waals surface area (Å²) in [6.07, 6.45) is 1.96. The first-order valence-electron chi connectivity index (χ1n) is 5.94. The molecule has 1 aromatic heterocycles. The van der Waals surface area contributed by atoms with Gasteiger partial charge in [0.15, 0.2) is 0 Å². The van der Waals surface area contributed by atoms with Crippen molar-refractivity contribution in [2.24, 2.45) is 0 Å². The molecule has 4 heteroatoms. The van der Waals surface area contributed by atoms with E-state index in [0.29, 0.717) is 6.42 Å². The molecule has 0 atom stereocenters. The number of carbonyl (C=O) groups is 1. The second-order valence-electron chi connectivity index (χ2n) is 4.30. The molecule has 0 unspecified atom stereocenters. The minimum atomic E-state index is 0.0241. The fraction of sp³-hybridized carbons (Fsp3) is 0.0667. The molecule has 0 aliphatic carbocycles. The van der Waals surface area contributed by atoms with Gasteiger partial charge in [-0.25, -0.2) is 4.98 Å². The fourth-order valence-corrected chi connectivity index (χ4v) is 2.28. The number of imidazole rings is 1. The molecule has 94 valence electrons. The standard InChI is InChI=1S/C15H11BrN2O/c16-12-7-5-11(6-8-12)9-15(19)18-10-17-13-3-1-2-4-14(13)18/h1-8,10H,9H2. The first-order valence-corrected chi connectivity index (χ1v) is 6.73. The topological polar surface area (TPSA) is 34.9 Å². The van der Waals surface area contributed by atoms with Crippen molar-refractivity contribution in [2.75, 3.05) is 0 Å². The van der Waals surface area contributed by atoms with Crippen LogP contribution >= 0.6 is 15.9 Å². The molecule has 0 aliphatic heterocycles. The predicted molar refractivity (Wildman–Crippen MR) is 78.2 cm³/mol. The Morgan fingerprint density at radius 1 is 1.11 bits per heavy atom. The van der Waals surface area contributed by atoms with Crippen molar-refractivity contribution in [2.45, 2.75) is 6.42 Å². The molecule has 0 fully saturated rings. The predicted octanol–water partition coefficient (Wildman–Crippen LogP) is 3.68. The summed E-state index contributed by atoms with van der Waals surface area (Å²) in [4.78, 5) is 16.5. The molecule has 0 saturated carbocycles. The highest BCUT2D eigenvalue weighted by atomic mass is 79.9. The normalized spacial score (nSPS) is 10.8. The first-order chi connectivity index (χ1) is 9.24. The van der Waals surface area contributed by atoms with Crippen LogP contribution in [0.15, 0.2) is 59.3 Å². The maximum absolute atomic E-state index is 12.3. The van der Waals surface area contributed by atoms with Gasteiger partial charge in [-0.15, -0.1) is 0 Å². The summed E-state index contributed by atoms with van der Waals surface area (Å²) in [5.41, 5.74) is 2.68. The number of carbonyl (C=O) groups excluding carboxylic acids is 1. The van der Waals surface area contributed by atoms with Crippen LogP contribution in [0.2, 0.25) is 0 Å². The third-order valence-electron chi connectivity index (χ3n) is 2.99. The van der Waals surface area contributed by atoms with Crippen LogP contribution in [0.4, 0.5) is 0 Å². The second kappa shape index (κ2) is 4.97. The molecule has 3 nitrogen and oxygen atoms in total. The van der Waals surface area contributed by atoms with E-state index in [2.05, 4.69) is 20.9 Å². The molecular weight excluding hydrogens is 304 g/mol. The van der Waals surface area contributed by atoms with E-state index >= 15 is 0 Å². The Morgan fingerprint density at radius 2 is 1.84 bits per heavy atom. The molecule has 0 radical (unpaired) electrons. The van der Waals surface area contributed by atoms with E-state index in [-0.39, 0.29) is 5.91 Å². The third kappa shape index (κ3) is 2.44. The van der Waals surface area contributed by atoms with Crippen LogP contribution in [0.1, 0.15) is 10.4 Å². The number of benzene rings is 2. The lowest BCUT2D eigenvalue weighted by molar-refractivity contribution is 0.0919. The Hall–Kier alpha value is -1.94. The summed E-state index contributed by atoms with van der Waals surface area (Å²) in [5.74, 6) is 0.0241. The molecule has 3 rings (SSSR count). The van der Waals surface area contributed by atoms with Crippen LogP contribution in [0.5, 0.6) is 0 Å². The van der Waals surface area contributed by atoms with Crippen molar-refractivity contribution in [1.29, 1.82) is 0 Å². The van der Waals surface area contributed by atoms with Gasteiger partial charge in [0, 0.05) is 4.47 Å². The molecule has 0 saturated heterocycles. The minimum Gasteiger partial charge on any atom is -0.274 e. The highest BCUT2D eigenvalue weighted by Crippen LogP contribution is 2.14. The van der Waals surface area contributed by atoms with E-state index in [9.17, 15) is 4.79 Å². The van der Waals surface area contributed by atoms with Crippen molar-refractivity contribution in [3.63, 3.8) is 0 Å². The molecule has 0 bridgehead atoms. The number of aromatic nitrogens is 2. The summed E-state index contributed by atoms with van der Waals surface area (Å²) < 4.78 is 2.62. The highest BCUT2D eigenvalue weighted by molar-refractivity contribution is 9.10. The van der Waals surface area contributed by atoms with Gasteiger partial charge in [0.05, 0.1) is 17.5 Å². The number of hydrogen-bond donors (Lipinski definition) is 0. The summed E-state index contributed by atoms with van der Waals surface area (Å²) in [5, 5.41) is 0. The van der Waals surface area contributed by atoms with Gasteiger partial charge >= 0.3 is 0 Å². The van der Waals surface area contributed by atoms with Crippen LogP contribution < -0.4 is 0 Å². The van der Waals surface area contributed by atoms with Crippen molar-refractivity contribution in [3.05, 3.63) is 64.9 Å². The summed E-state index contributed by atoms with van der Waals surface area (Å²) in [7, 11) is 0. The van der Waals surface area contributed by atoms with E-state index in [1.807, 2.05) is 48.5 Å². The minimum absolute atomic E-state index is 0.0241. The van der Waals surface area contributed by atoms with Crippen LogP contribution in [0, 0.1) is 0 Å². The lowest BCUT2D eigenvalue weighted by Crippen LogP contribution is -2.12. The average molecular weight is 315 g/mol. The number of para-hydroxylation sites is 2. The quantitative estimate of drug-likeness (QED) is 0.723. The third-order valence-corrected chi connectivity index (χ3v) is 3.52. The number of hydrogen-bond acceptors (Lipinski definition) is 2. The zero-order valence-corrected chi connectivity index (χ0v) is 11.7. The fourth-order valence-electron chi connectivity index (χ4n) is 2.02. The summed E-state index contributed by atoms with van der Waals surface area (Å²) in [6, 6.07) is 15.4. The van der Waals surface area contributed by atoms with E-state index in [4.69, 9.17) is 0 Å². The van der Waals surface area contributed by atoms with Crippen molar-refractivity contribution >= 4 is 32.9 Å². The van der Waals surface area contributed by atoms with Crippen LogP contribution in [0.25, 0.3) is 11.0 Å². The van der Waals surface area contributed by atoms with Gasteiger partial charge in [0.2, 0.25) is 5.91 Å². The zero-order chi connectivity index (χ0) is 13.2. The van der Waals surface area contributed by atoms with E-state index in [1.165, 1.54) is 0 Å². The number of fused-ring (bicyclic) bond motifs is 1. The Kier molecular flexibility index (Phi) is 3.17. The van der Waals surface area contributed by atoms with Crippen LogP contribution in [-0.2, 0) is 6.42 Å². The molecule has 19 heavy (non-hydrogen) atoms. The van der Waals surface area contributed by atoms with Crippen LogP contribution in [-0.4, -0.2) is 15.5 Å². The molecule has 1 heterocycles. The maximum atomic E-state index is 12.3. The zero-order valence-electron chi connectivity index (χ0n) is 10.1. The monoisotopic (exact) mass is 314 g/mol. The Bertz CT molecular complexity index is 731.